The third kappa shape index (κ3) is 4.01. The lowest BCUT2D eigenvalue weighted by Gasteiger charge is -2.22. The second kappa shape index (κ2) is 7.00. The molecule has 1 aliphatic heterocycles. The Bertz CT molecular complexity index is 465. The first-order valence-electron chi connectivity index (χ1n) is 7.75. The van der Waals surface area contributed by atoms with Gasteiger partial charge in [-0.15, -0.1) is 0 Å². The van der Waals surface area contributed by atoms with Crippen LogP contribution in [0.5, 0.6) is 0 Å². The number of carbonyl (C=O) groups is 1. The van der Waals surface area contributed by atoms with Crippen LogP contribution in [0.1, 0.15) is 49.9 Å². The highest BCUT2D eigenvalue weighted by atomic mass is 16.5. The van der Waals surface area contributed by atoms with Crippen molar-refractivity contribution in [1.29, 1.82) is 0 Å². The van der Waals surface area contributed by atoms with Gasteiger partial charge in [0.25, 0.3) is 5.89 Å². The van der Waals surface area contributed by atoms with E-state index in [4.69, 9.17) is 9.26 Å². The van der Waals surface area contributed by atoms with Crippen molar-refractivity contribution in [3.63, 3.8) is 0 Å². The van der Waals surface area contributed by atoms with Crippen molar-refractivity contribution >= 4 is 5.91 Å². The van der Waals surface area contributed by atoms with E-state index in [9.17, 15) is 4.79 Å². The third-order valence-corrected chi connectivity index (χ3v) is 3.98. The fourth-order valence-corrected chi connectivity index (χ4v) is 2.86. The van der Waals surface area contributed by atoms with Gasteiger partial charge in [0.1, 0.15) is 6.10 Å². The summed E-state index contributed by atoms with van der Waals surface area (Å²) in [5.74, 6) is 0.840. The van der Waals surface area contributed by atoms with Crippen LogP contribution < -0.4 is 10.6 Å². The number of hydrogen-bond acceptors (Lipinski definition) is 6. The Kier molecular flexibility index (Phi) is 4.82. The summed E-state index contributed by atoms with van der Waals surface area (Å²) in [6, 6.07) is 0.309. The van der Waals surface area contributed by atoms with E-state index in [-0.39, 0.29) is 18.4 Å². The Balaban J connectivity index is 1.50. The maximum absolute atomic E-state index is 12.0. The summed E-state index contributed by atoms with van der Waals surface area (Å²) in [6.45, 7) is 2.13. The molecule has 0 radical (unpaired) electrons. The maximum atomic E-state index is 12.0. The molecule has 2 heterocycles. The summed E-state index contributed by atoms with van der Waals surface area (Å²) in [4.78, 5) is 16.3. The molecule has 1 aromatic heterocycles. The molecule has 7 heteroatoms. The minimum atomic E-state index is -0.207. The number of amides is 1. The fourth-order valence-electron chi connectivity index (χ4n) is 2.86. The van der Waals surface area contributed by atoms with Crippen LogP contribution in [-0.2, 0) is 16.0 Å². The molecular weight excluding hydrogens is 272 g/mol. The van der Waals surface area contributed by atoms with Crippen LogP contribution in [-0.4, -0.2) is 41.8 Å². The summed E-state index contributed by atoms with van der Waals surface area (Å²) >= 11 is 0. The molecule has 1 aromatic rings. The lowest BCUT2D eigenvalue weighted by Crippen LogP contribution is -2.37. The van der Waals surface area contributed by atoms with Crippen molar-refractivity contribution in [2.24, 2.45) is 0 Å². The van der Waals surface area contributed by atoms with E-state index in [1.807, 2.05) is 0 Å². The van der Waals surface area contributed by atoms with Crippen LogP contribution in [0.4, 0.5) is 0 Å². The first-order valence-corrected chi connectivity index (χ1v) is 7.75. The van der Waals surface area contributed by atoms with Crippen LogP contribution in [0.2, 0.25) is 0 Å². The predicted molar refractivity (Wildman–Crippen MR) is 74.6 cm³/mol. The van der Waals surface area contributed by atoms with Crippen molar-refractivity contribution in [3.05, 3.63) is 11.7 Å². The molecule has 21 heavy (non-hydrogen) atoms. The number of morpholine rings is 1. The summed E-state index contributed by atoms with van der Waals surface area (Å²) in [7, 11) is 0. The monoisotopic (exact) mass is 294 g/mol. The number of hydrogen-bond donors (Lipinski definition) is 2. The first-order chi connectivity index (χ1) is 10.3. The molecule has 1 aliphatic carbocycles. The van der Waals surface area contributed by atoms with E-state index in [0.717, 1.165) is 19.4 Å². The second-order valence-corrected chi connectivity index (χ2v) is 5.69. The van der Waals surface area contributed by atoms with E-state index < -0.39 is 0 Å². The van der Waals surface area contributed by atoms with Crippen molar-refractivity contribution in [1.82, 2.24) is 20.8 Å². The van der Waals surface area contributed by atoms with Gasteiger partial charge >= 0.3 is 0 Å². The van der Waals surface area contributed by atoms with Crippen molar-refractivity contribution in [2.75, 3.05) is 19.7 Å². The normalized spacial score (nSPS) is 23.9. The van der Waals surface area contributed by atoms with E-state index in [2.05, 4.69) is 20.8 Å². The number of rotatable bonds is 4. The fraction of sp³-hybridized carbons (Fsp3) is 0.786. The van der Waals surface area contributed by atoms with Crippen LogP contribution in [0, 0.1) is 0 Å². The highest BCUT2D eigenvalue weighted by Gasteiger charge is 2.23. The molecule has 1 atom stereocenters. The van der Waals surface area contributed by atoms with Gasteiger partial charge in [0.05, 0.1) is 13.0 Å². The van der Waals surface area contributed by atoms with Crippen molar-refractivity contribution in [2.45, 2.75) is 50.7 Å². The van der Waals surface area contributed by atoms with Crippen LogP contribution >= 0.6 is 0 Å². The first kappa shape index (κ1) is 14.5. The molecule has 0 unspecified atom stereocenters. The van der Waals surface area contributed by atoms with Crippen molar-refractivity contribution in [3.8, 4) is 0 Å². The smallest absolute Gasteiger partial charge is 0.257 e. The van der Waals surface area contributed by atoms with Gasteiger partial charge in [0.2, 0.25) is 5.91 Å². The van der Waals surface area contributed by atoms with Gasteiger partial charge in [-0.1, -0.05) is 24.4 Å². The lowest BCUT2D eigenvalue weighted by molar-refractivity contribution is -0.121. The molecule has 2 N–H and O–H groups in total. The van der Waals surface area contributed by atoms with Gasteiger partial charge in [-0.3, -0.25) is 4.79 Å². The topological polar surface area (TPSA) is 89.3 Å². The van der Waals surface area contributed by atoms with E-state index in [1.165, 1.54) is 19.3 Å². The molecule has 0 bridgehead atoms. The summed E-state index contributed by atoms with van der Waals surface area (Å²) in [6.07, 6.45) is 5.78. The van der Waals surface area contributed by atoms with E-state index >= 15 is 0 Å². The predicted octanol–water partition coefficient (Wildman–Crippen LogP) is 0.722. The van der Waals surface area contributed by atoms with Gasteiger partial charge in [0, 0.05) is 19.1 Å². The average Bonchev–Trinajstić information content (AvgIpc) is 2.97. The Hall–Kier alpha value is -1.47. The molecule has 2 aliphatic rings. The maximum Gasteiger partial charge on any atom is 0.257 e. The number of nitrogens with zero attached hydrogens (tertiary/aromatic N) is 2. The van der Waals surface area contributed by atoms with Gasteiger partial charge in [-0.05, 0) is 12.8 Å². The van der Waals surface area contributed by atoms with Gasteiger partial charge < -0.3 is 19.9 Å². The molecule has 0 spiro atoms. The minimum absolute atomic E-state index is 0.0306. The van der Waals surface area contributed by atoms with Gasteiger partial charge in [0.15, 0.2) is 5.82 Å². The number of nitrogens with one attached hydrogen (secondary N) is 2. The zero-order valence-electron chi connectivity index (χ0n) is 12.1. The molecule has 7 nitrogen and oxygen atoms in total. The zero-order valence-corrected chi connectivity index (χ0v) is 12.1. The second-order valence-electron chi connectivity index (χ2n) is 5.69. The number of ether oxygens (including phenoxy) is 1. The van der Waals surface area contributed by atoms with E-state index in [0.29, 0.717) is 30.9 Å². The van der Waals surface area contributed by atoms with Gasteiger partial charge in [-0.25, -0.2) is 0 Å². The minimum Gasteiger partial charge on any atom is -0.366 e. The largest absolute Gasteiger partial charge is 0.366 e. The number of aromatic nitrogens is 2. The molecule has 1 saturated carbocycles. The quantitative estimate of drug-likeness (QED) is 0.850. The Labute approximate surface area is 123 Å². The molecule has 1 amide bonds. The van der Waals surface area contributed by atoms with Crippen LogP contribution in [0.15, 0.2) is 4.52 Å². The highest BCUT2D eigenvalue weighted by molar-refractivity contribution is 5.78. The van der Waals surface area contributed by atoms with Crippen LogP contribution in [0.3, 0.4) is 0 Å². The molecule has 116 valence electrons. The molecular formula is C14H22N4O3. The third-order valence-electron chi connectivity index (χ3n) is 3.98. The Morgan fingerprint density at radius 2 is 2.19 bits per heavy atom. The summed E-state index contributed by atoms with van der Waals surface area (Å²) < 4.78 is 10.7. The molecule has 0 aromatic carbocycles. The lowest BCUT2D eigenvalue weighted by atomic mass is 9.95. The Morgan fingerprint density at radius 3 is 2.95 bits per heavy atom. The van der Waals surface area contributed by atoms with Crippen LogP contribution in [0.25, 0.3) is 0 Å². The number of carbonyl (C=O) groups excluding carboxylic acids is 1. The Morgan fingerprint density at radius 1 is 1.33 bits per heavy atom. The average molecular weight is 294 g/mol. The standard InChI is InChI=1S/C14H22N4O3/c19-13(16-10-4-2-1-3-5-10)8-12-17-14(21-18-12)11-9-15-6-7-20-11/h10-11,15H,1-9H2,(H,16,19)/t11-/m1/s1. The molecule has 3 rings (SSSR count). The van der Waals surface area contributed by atoms with Crippen molar-refractivity contribution < 1.29 is 14.1 Å². The summed E-state index contributed by atoms with van der Waals surface area (Å²) in [5, 5.41) is 10.1. The SMILES string of the molecule is O=C(Cc1noc([C@H]2CNCCO2)n1)NC1CCCCC1. The summed E-state index contributed by atoms with van der Waals surface area (Å²) in [5.41, 5.74) is 0. The zero-order chi connectivity index (χ0) is 14.5. The highest BCUT2D eigenvalue weighted by Crippen LogP contribution is 2.18. The molecule has 2 fully saturated rings. The van der Waals surface area contributed by atoms with E-state index in [1.54, 1.807) is 0 Å². The van der Waals surface area contributed by atoms with Gasteiger partial charge in [-0.2, -0.15) is 4.98 Å². The molecule has 1 saturated heterocycles.